The fourth-order valence-electron chi connectivity index (χ4n) is 9.81. The Bertz CT molecular complexity index is 3050. The molecule has 0 saturated heterocycles. The van der Waals surface area contributed by atoms with Gasteiger partial charge in [0.05, 0.1) is 5.41 Å². The van der Waals surface area contributed by atoms with Crippen LogP contribution < -0.4 is 0 Å². The van der Waals surface area contributed by atoms with E-state index in [2.05, 4.69) is 255 Å². The van der Waals surface area contributed by atoms with Gasteiger partial charge < -0.3 is 0 Å². The van der Waals surface area contributed by atoms with E-state index in [1.807, 2.05) is 0 Å². The molecule has 0 bridgehead atoms. The molecule has 0 fully saturated rings. The Morgan fingerprint density at radius 1 is 0.197 bits per heavy atom. The van der Waals surface area contributed by atoms with Gasteiger partial charge in [0.2, 0.25) is 0 Å². The average molecular weight is 775 g/mol. The van der Waals surface area contributed by atoms with Crippen LogP contribution in [-0.4, -0.2) is 0 Å². The molecule has 0 atom stereocenters. The fraction of sp³-hybridized carbons (Fsp3) is 0.0164. The van der Waals surface area contributed by atoms with Gasteiger partial charge in [-0.25, -0.2) is 0 Å². The van der Waals surface area contributed by atoms with E-state index in [4.69, 9.17) is 0 Å². The van der Waals surface area contributed by atoms with Crippen LogP contribution in [0.2, 0.25) is 0 Å². The molecule has 61 heavy (non-hydrogen) atoms. The van der Waals surface area contributed by atoms with Gasteiger partial charge in [-0.3, -0.25) is 0 Å². The van der Waals surface area contributed by atoms with Crippen molar-refractivity contribution in [3.8, 4) is 77.9 Å². The molecule has 0 spiro atoms. The molecular formula is C61H42. The van der Waals surface area contributed by atoms with Crippen molar-refractivity contribution in [2.24, 2.45) is 0 Å². The monoisotopic (exact) mass is 774 g/mol. The van der Waals surface area contributed by atoms with Gasteiger partial charge in [0, 0.05) is 0 Å². The molecule has 11 rings (SSSR count). The Balaban J connectivity index is 1.17. The molecule has 0 radical (unpaired) electrons. The molecule has 0 aliphatic heterocycles. The summed E-state index contributed by atoms with van der Waals surface area (Å²) in [6.45, 7) is 0. The zero-order valence-corrected chi connectivity index (χ0v) is 33.7. The summed E-state index contributed by atoms with van der Waals surface area (Å²) in [5.41, 5.74) is 21.5. The summed E-state index contributed by atoms with van der Waals surface area (Å²) in [6.07, 6.45) is 0. The maximum Gasteiger partial charge on any atom is 0.0714 e. The van der Waals surface area contributed by atoms with Gasteiger partial charge in [0.1, 0.15) is 0 Å². The predicted octanol–water partition coefficient (Wildman–Crippen LogP) is 16.1. The summed E-state index contributed by atoms with van der Waals surface area (Å²) in [5.74, 6) is 0. The average Bonchev–Trinajstić information content (AvgIpc) is 3.66. The maximum atomic E-state index is 2.45. The maximum absolute atomic E-state index is 2.45. The lowest BCUT2D eigenvalue weighted by Gasteiger charge is -2.34. The number of fused-ring (bicyclic) bond motifs is 3. The lowest BCUT2D eigenvalue weighted by Crippen LogP contribution is -2.28. The second-order valence-electron chi connectivity index (χ2n) is 16.0. The van der Waals surface area contributed by atoms with Crippen molar-refractivity contribution in [2.45, 2.75) is 5.41 Å². The first kappa shape index (κ1) is 36.3. The molecule has 1 aliphatic rings. The van der Waals surface area contributed by atoms with Crippen LogP contribution in [0, 0.1) is 0 Å². The van der Waals surface area contributed by atoms with E-state index >= 15 is 0 Å². The molecule has 0 aromatic heterocycles. The first-order chi connectivity index (χ1) is 30.3. The lowest BCUT2D eigenvalue weighted by atomic mass is 9.67. The van der Waals surface area contributed by atoms with Crippen molar-refractivity contribution >= 4 is 0 Å². The van der Waals surface area contributed by atoms with Crippen LogP contribution in [0.25, 0.3) is 77.9 Å². The molecule has 0 unspecified atom stereocenters. The van der Waals surface area contributed by atoms with Crippen molar-refractivity contribution in [2.75, 3.05) is 0 Å². The number of hydrogen-bond donors (Lipinski definition) is 0. The Morgan fingerprint density at radius 2 is 0.541 bits per heavy atom. The summed E-state index contributed by atoms with van der Waals surface area (Å²) in [6, 6.07) is 93.7. The third-order valence-corrected chi connectivity index (χ3v) is 12.6. The first-order valence-electron chi connectivity index (χ1n) is 21.2. The summed E-state index contributed by atoms with van der Waals surface area (Å²) >= 11 is 0. The third-order valence-electron chi connectivity index (χ3n) is 12.6. The minimum atomic E-state index is -0.621. The van der Waals surface area contributed by atoms with E-state index in [-0.39, 0.29) is 0 Å². The highest BCUT2D eigenvalue weighted by Gasteiger charge is 2.47. The summed E-state index contributed by atoms with van der Waals surface area (Å²) in [4.78, 5) is 0. The van der Waals surface area contributed by atoms with E-state index in [0.29, 0.717) is 0 Å². The highest BCUT2D eigenvalue weighted by atomic mass is 14.5. The fourth-order valence-corrected chi connectivity index (χ4v) is 9.81. The molecule has 0 heterocycles. The van der Waals surface area contributed by atoms with Crippen LogP contribution in [0.3, 0.4) is 0 Å². The zero-order valence-electron chi connectivity index (χ0n) is 33.7. The Hall–Kier alpha value is -7.80. The van der Waals surface area contributed by atoms with Crippen LogP contribution in [0.5, 0.6) is 0 Å². The SMILES string of the molecule is c1ccc(-c2cccc(-c3cccc(C4(c5cccc(-c6cccc(-c7ccccc7)c6)c5)c5ccccc5-c5c(-c6ccccc6-c6ccccc6)cccc54)c3)c2)cc1. The standard InChI is InChI=1S/C61H42/c1-4-19-43(20-5-1)46-25-14-27-48(39-46)50-29-16-31-52(41-50)61(53-32-17-30-51(42-53)49-28-15-26-47(40-49)44-21-6-2-7-22-44)58-37-13-12-35-57(58)60-56(36-18-38-59(60)61)55-34-11-10-33-54(55)45-23-8-3-9-24-45/h1-42H. The highest BCUT2D eigenvalue weighted by molar-refractivity contribution is 5.99. The number of rotatable bonds is 8. The molecule has 0 amide bonds. The second-order valence-corrected chi connectivity index (χ2v) is 16.0. The van der Waals surface area contributed by atoms with E-state index in [9.17, 15) is 0 Å². The molecule has 0 saturated carbocycles. The van der Waals surface area contributed by atoms with Crippen LogP contribution >= 0.6 is 0 Å². The van der Waals surface area contributed by atoms with Gasteiger partial charge in [-0.2, -0.15) is 0 Å². The third kappa shape index (κ3) is 6.33. The molecule has 10 aromatic carbocycles. The quantitative estimate of drug-likeness (QED) is 0.144. The highest BCUT2D eigenvalue weighted by Crippen LogP contribution is 2.59. The minimum Gasteiger partial charge on any atom is -0.0622 e. The van der Waals surface area contributed by atoms with Crippen molar-refractivity contribution < 1.29 is 0 Å². The van der Waals surface area contributed by atoms with Crippen LogP contribution in [-0.2, 0) is 5.41 Å². The largest absolute Gasteiger partial charge is 0.0714 e. The number of hydrogen-bond acceptors (Lipinski definition) is 0. The van der Waals surface area contributed by atoms with Crippen molar-refractivity contribution in [1.82, 2.24) is 0 Å². The van der Waals surface area contributed by atoms with Crippen LogP contribution in [0.4, 0.5) is 0 Å². The van der Waals surface area contributed by atoms with E-state index in [1.54, 1.807) is 0 Å². The molecule has 10 aromatic rings. The topological polar surface area (TPSA) is 0 Å². The molecule has 0 nitrogen and oxygen atoms in total. The summed E-state index contributed by atoms with van der Waals surface area (Å²) in [5, 5.41) is 0. The number of benzene rings is 10. The van der Waals surface area contributed by atoms with Crippen molar-refractivity contribution in [3.63, 3.8) is 0 Å². The van der Waals surface area contributed by atoms with Crippen molar-refractivity contribution in [1.29, 1.82) is 0 Å². The van der Waals surface area contributed by atoms with E-state index in [0.717, 1.165) is 0 Å². The van der Waals surface area contributed by atoms with E-state index in [1.165, 1.54) is 100 Å². The van der Waals surface area contributed by atoms with Crippen LogP contribution in [0.1, 0.15) is 22.3 Å². The van der Waals surface area contributed by atoms with Gasteiger partial charge in [-0.1, -0.05) is 231 Å². The normalized spacial score (nSPS) is 12.4. The molecule has 0 N–H and O–H groups in total. The second kappa shape index (κ2) is 15.4. The van der Waals surface area contributed by atoms with Gasteiger partial charge in [-0.15, -0.1) is 0 Å². The van der Waals surface area contributed by atoms with E-state index < -0.39 is 5.41 Å². The van der Waals surface area contributed by atoms with Crippen molar-refractivity contribution in [3.05, 3.63) is 277 Å². The summed E-state index contributed by atoms with van der Waals surface area (Å²) < 4.78 is 0. The predicted molar refractivity (Wildman–Crippen MR) is 256 cm³/mol. The Kier molecular flexibility index (Phi) is 9.17. The van der Waals surface area contributed by atoms with Gasteiger partial charge >= 0.3 is 0 Å². The minimum absolute atomic E-state index is 0.621. The Morgan fingerprint density at radius 3 is 1.08 bits per heavy atom. The smallest absolute Gasteiger partial charge is 0.0622 e. The first-order valence-corrected chi connectivity index (χ1v) is 21.2. The van der Waals surface area contributed by atoms with Crippen LogP contribution in [0.15, 0.2) is 255 Å². The Labute approximate surface area is 358 Å². The summed E-state index contributed by atoms with van der Waals surface area (Å²) in [7, 11) is 0. The molecule has 1 aliphatic carbocycles. The lowest BCUT2D eigenvalue weighted by molar-refractivity contribution is 0.769. The zero-order chi connectivity index (χ0) is 40.6. The molecule has 0 heteroatoms. The van der Waals surface area contributed by atoms with Gasteiger partial charge in [-0.05, 0) is 124 Å². The molecule has 286 valence electrons. The van der Waals surface area contributed by atoms with Gasteiger partial charge in [0.15, 0.2) is 0 Å². The molecular weight excluding hydrogens is 733 g/mol. The van der Waals surface area contributed by atoms with Gasteiger partial charge in [0.25, 0.3) is 0 Å².